The molecule has 1 aromatic rings. The lowest BCUT2D eigenvalue weighted by molar-refractivity contribution is -0.143. The quantitative estimate of drug-likeness (QED) is 0.827. The summed E-state index contributed by atoms with van der Waals surface area (Å²) in [6, 6.07) is 7.92. The first kappa shape index (κ1) is 13.9. The lowest BCUT2D eigenvalue weighted by Crippen LogP contribution is -2.19. The third-order valence-electron chi connectivity index (χ3n) is 3.48. The van der Waals surface area contributed by atoms with Gasteiger partial charge in [0.1, 0.15) is 0 Å². The first-order valence-corrected chi connectivity index (χ1v) is 6.97. The van der Waals surface area contributed by atoms with Gasteiger partial charge in [-0.1, -0.05) is 12.1 Å². The van der Waals surface area contributed by atoms with Crippen molar-refractivity contribution in [2.24, 2.45) is 5.73 Å². The van der Waals surface area contributed by atoms with Gasteiger partial charge in [0.25, 0.3) is 0 Å². The van der Waals surface area contributed by atoms with Crippen LogP contribution in [0.4, 0.5) is 5.69 Å². The molecule has 0 bridgehead atoms. The molecule has 4 nitrogen and oxygen atoms in total. The lowest BCUT2D eigenvalue weighted by atomic mass is 10.0. The van der Waals surface area contributed by atoms with Gasteiger partial charge in [0.05, 0.1) is 13.0 Å². The van der Waals surface area contributed by atoms with Crippen molar-refractivity contribution in [1.82, 2.24) is 0 Å². The highest BCUT2D eigenvalue weighted by Gasteiger charge is 2.15. The zero-order valence-electron chi connectivity index (χ0n) is 11.5. The maximum Gasteiger partial charge on any atom is 0.307 e. The van der Waals surface area contributed by atoms with E-state index in [0.29, 0.717) is 6.61 Å². The summed E-state index contributed by atoms with van der Waals surface area (Å²) >= 11 is 0. The Morgan fingerprint density at radius 1 is 1.32 bits per heavy atom. The van der Waals surface area contributed by atoms with Crippen LogP contribution in [0.1, 0.15) is 37.8 Å². The Morgan fingerprint density at radius 2 is 1.95 bits per heavy atom. The molecule has 1 aliphatic rings. The van der Waals surface area contributed by atoms with Crippen LogP contribution in [0.15, 0.2) is 24.3 Å². The van der Waals surface area contributed by atoms with E-state index in [9.17, 15) is 4.79 Å². The SMILES string of the molecule is CCOC(=O)C[C@H](N)c1ccc(N2CCCC2)cc1. The van der Waals surface area contributed by atoms with Gasteiger partial charge in [0, 0.05) is 24.8 Å². The summed E-state index contributed by atoms with van der Waals surface area (Å²) in [5, 5.41) is 0. The molecule has 4 heteroatoms. The summed E-state index contributed by atoms with van der Waals surface area (Å²) < 4.78 is 4.91. The molecular weight excluding hydrogens is 240 g/mol. The van der Waals surface area contributed by atoms with Gasteiger partial charge in [-0.05, 0) is 37.5 Å². The number of anilines is 1. The molecule has 19 heavy (non-hydrogen) atoms. The van der Waals surface area contributed by atoms with Crippen LogP contribution in [0.3, 0.4) is 0 Å². The average Bonchev–Trinajstić information content (AvgIpc) is 2.93. The lowest BCUT2D eigenvalue weighted by Gasteiger charge is -2.18. The number of nitrogens with two attached hydrogens (primary N) is 1. The van der Waals surface area contributed by atoms with Gasteiger partial charge in [0.15, 0.2) is 0 Å². The van der Waals surface area contributed by atoms with Gasteiger partial charge in [-0.25, -0.2) is 0 Å². The van der Waals surface area contributed by atoms with Crippen molar-refractivity contribution in [3.63, 3.8) is 0 Å². The minimum absolute atomic E-state index is 0.233. The van der Waals surface area contributed by atoms with Gasteiger partial charge < -0.3 is 15.4 Å². The molecule has 0 spiro atoms. The number of esters is 1. The van der Waals surface area contributed by atoms with Crippen molar-refractivity contribution >= 4 is 11.7 Å². The molecule has 0 aromatic heterocycles. The zero-order chi connectivity index (χ0) is 13.7. The minimum Gasteiger partial charge on any atom is -0.466 e. The summed E-state index contributed by atoms with van der Waals surface area (Å²) in [4.78, 5) is 13.8. The third kappa shape index (κ3) is 3.70. The number of hydrogen-bond acceptors (Lipinski definition) is 4. The number of ether oxygens (including phenoxy) is 1. The second kappa shape index (κ2) is 6.57. The Kier molecular flexibility index (Phi) is 4.80. The molecule has 1 atom stereocenters. The van der Waals surface area contributed by atoms with Crippen LogP contribution in [0, 0.1) is 0 Å². The van der Waals surface area contributed by atoms with Crippen molar-refractivity contribution < 1.29 is 9.53 Å². The Morgan fingerprint density at radius 3 is 2.53 bits per heavy atom. The monoisotopic (exact) mass is 262 g/mol. The molecule has 2 N–H and O–H groups in total. The molecule has 1 fully saturated rings. The highest BCUT2D eigenvalue weighted by molar-refractivity contribution is 5.70. The van der Waals surface area contributed by atoms with Crippen molar-refractivity contribution in [1.29, 1.82) is 0 Å². The van der Waals surface area contributed by atoms with Crippen LogP contribution in [-0.4, -0.2) is 25.7 Å². The molecule has 2 rings (SSSR count). The largest absolute Gasteiger partial charge is 0.466 e. The average molecular weight is 262 g/mol. The van der Waals surface area contributed by atoms with Crippen LogP contribution < -0.4 is 10.6 Å². The first-order chi connectivity index (χ1) is 9.20. The summed E-state index contributed by atoms with van der Waals surface area (Å²) in [5.41, 5.74) is 8.24. The van der Waals surface area contributed by atoms with Crippen LogP contribution in [0.25, 0.3) is 0 Å². The summed E-state index contributed by atoms with van der Waals surface area (Å²) in [6.45, 7) is 4.47. The highest BCUT2D eigenvalue weighted by atomic mass is 16.5. The Labute approximate surface area is 114 Å². The van der Waals surface area contributed by atoms with Crippen molar-refractivity contribution in [2.75, 3.05) is 24.6 Å². The fraction of sp³-hybridized carbons (Fsp3) is 0.533. The zero-order valence-corrected chi connectivity index (χ0v) is 11.5. The van der Waals surface area contributed by atoms with Gasteiger partial charge in [-0.15, -0.1) is 0 Å². The van der Waals surface area contributed by atoms with E-state index >= 15 is 0 Å². The number of rotatable bonds is 5. The molecule has 0 radical (unpaired) electrons. The molecule has 0 amide bonds. The third-order valence-corrected chi connectivity index (χ3v) is 3.48. The standard InChI is InChI=1S/C15H22N2O2/c1-2-19-15(18)11-14(16)12-5-7-13(8-6-12)17-9-3-4-10-17/h5-8,14H,2-4,9-11,16H2,1H3/t14-/m0/s1. The smallest absolute Gasteiger partial charge is 0.307 e. The normalized spacial score (nSPS) is 16.4. The molecule has 1 aliphatic heterocycles. The van der Waals surface area contributed by atoms with Crippen molar-refractivity contribution in [3.8, 4) is 0 Å². The predicted octanol–water partition coefficient (Wildman–Crippen LogP) is 2.24. The fourth-order valence-electron chi connectivity index (χ4n) is 2.42. The number of hydrogen-bond donors (Lipinski definition) is 1. The number of benzene rings is 1. The Bertz CT molecular complexity index is 411. The minimum atomic E-state index is -0.285. The van der Waals surface area contributed by atoms with Crippen molar-refractivity contribution in [2.45, 2.75) is 32.2 Å². The fourth-order valence-corrected chi connectivity index (χ4v) is 2.42. The maximum atomic E-state index is 11.4. The first-order valence-electron chi connectivity index (χ1n) is 6.97. The van der Waals surface area contributed by atoms with E-state index in [-0.39, 0.29) is 18.4 Å². The second-order valence-corrected chi connectivity index (χ2v) is 4.90. The Hall–Kier alpha value is -1.55. The Balaban J connectivity index is 1.95. The maximum absolute atomic E-state index is 11.4. The van der Waals surface area contributed by atoms with E-state index in [1.54, 1.807) is 6.92 Å². The summed E-state index contributed by atoms with van der Waals surface area (Å²) in [7, 11) is 0. The van der Waals surface area contributed by atoms with Gasteiger partial charge in [-0.3, -0.25) is 4.79 Å². The van der Waals surface area contributed by atoms with E-state index in [1.807, 2.05) is 12.1 Å². The molecule has 0 unspecified atom stereocenters. The van der Waals surface area contributed by atoms with Gasteiger partial charge in [-0.2, -0.15) is 0 Å². The highest BCUT2D eigenvalue weighted by Crippen LogP contribution is 2.23. The van der Waals surface area contributed by atoms with Crippen LogP contribution in [0.2, 0.25) is 0 Å². The summed E-state index contributed by atoms with van der Waals surface area (Å²) in [5.74, 6) is -0.237. The van der Waals surface area contributed by atoms with Crippen LogP contribution in [-0.2, 0) is 9.53 Å². The molecule has 0 saturated carbocycles. The van der Waals surface area contributed by atoms with Gasteiger partial charge in [0.2, 0.25) is 0 Å². The number of carbonyl (C=O) groups is 1. The molecule has 0 aliphatic carbocycles. The molecule has 104 valence electrons. The van der Waals surface area contributed by atoms with E-state index in [1.165, 1.54) is 18.5 Å². The number of nitrogens with zero attached hydrogens (tertiary/aromatic N) is 1. The van der Waals surface area contributed by atoms with Gasteiger partial charge >= 0.3 is 5.97 Å². The topological polar surface area (TPSA) is 55.6 Å². The van der Waals surface area contributed by atoms with Crippen molar-refractivity contribution in [3.05, 3.63) is 29.8 Å². The molecule has 1 saturated heterocycles. The molecule has 1 aromatic carbocycles. The van der Waals surface area contributed by atoms with E-state index < -0.39 is 0 Å². The van der Waals surface area contributed by atoms with E-state index in [4.69, 9.17) is 10.5 Å². The van der Waals surface area contributed by atoms with E-state index in [2.05, 4.69) is 17.0 Å². The van der Waals surface area contributed by atoms with Crippen LogP contribution in [0.5, 0.6) is 0 Å². The molecule has 1 heterocycles. The predicted molar refractivity (Wildman–Crippen MR) is 76.1 cm³/mol. The van der Waals surface area contributed by atoms with E-state index in [0.717, 1.165) is 18.7 Å². The second-order valence-electron chi connectivity index (χ2n) is 4.90. The number of carbonyl (C=O) groups excluding carboxylic acids is 1. The molecular formula is C15H22N2O2. The van der Waals surface area contributed by atoms with Crippen LogP contribution >= 0.6 is 0 Å². The summed E-state index contributed by atoms with van der Waals surface area (Å²) in [6.07, 6.45) is 2.77.